The lowest BCUT2D eigenvalue weighted by atomic mass is 10.1. The predicted molar refractivity (Wildman–Crippen MR) is 76.2 cm³/mol. The second kappa shape index (κ2) is 6.65. The van der Waals surface area contributed by atoms with Crippen molar-refractivity contribution in [3.8, 4) is 0 Å². The van der Waals surface area contributed by atoms with Gasteiger partial charge < -0.3 is 10.2 Å². The molecular weight excluding hydrogens is 260 g/mol. The normalized spacial score (nSPS) is 17.1. The van der Waals surface area contributed by atoms with Crippen LogP contribution in [0.2, 0.25) is 0 Å². The van der Waals surface area contributed by atoms with Crippen molar-refractivity contribution in [1.82, 2.24) is 4.90 Å². The largest absolute Gasteiger partial charge is 0.381 e. The highest BCUT2D eigenvalue weighted by Gasteiger charge is 2.19. The van der Waals surface area contributed by atoms with Crippen molar-refractivity contribution < 1.29 is 9.66 Å². The average Bonchev–Trinajstić information content (AvgIpc) is 2.47. The van der Waals surface area contributed by atoms with Crippen LogP contribution in [-0.4, -0.2) is 36.1 Å². The number of nitrogens with one attached hydrogen (secondary N) is 1. The predicted octanol–water partition coefficient (Wildman–Crippen LogP) is 1.49. The zero-order valence-corrected chi connectivity index (χ0v) is 11.5. The number of nitro benzene ring substituents is 1. The Balaban J connectivity index is 2.01. The zero-order valence-electron chi connectivity index (χ0n) is 11.5. The number of nitrogens with zero attached hydrogens (tertiary/aromatic N) is 2. The zero-order chi connectivity index (χ0) is 14.5. The molecule has 7 nitrogen and oxygen atoms in total. The number of nitro groups is 1. The first-order valence-corrected chi connectivity index (χ1v) is 6.63. The van der Waals surface area contributed by atoms with Gasteiger partial charge in [-0.2, -0.15) is 0 Å². The monoisotopic (exact) mass is 280 g/mol. The van der Waals surface area contributed by atoms with Crippen LogP contribution >= 0.6 is 0 Å². The highest BCUT2D eigenvalue weighted by Crippen LogP contribution is 2.25. The Morgan fingerprint density at radius 1 is 1.50 bits per heavy atom. The highest BCUT2D eigenvalue weighted by atomic mass is 16.6. The van der Waals surface area contributed by atoms with Gasteiger partial charge in [0.25, 0.3) is 5.69 Å². The summed E-state index contributed by atoms with van der Waals surface area (Å²) in [5.74, 6) is 5.34. The van der Waals surface area contributed by atoms with E-state index in [1.54, 1.807) is 19.2 Å². The SMILES string of the molecule is COC1CCN(Cc2ccc([N+](=O)[O-])c(NN)c2)CC1. The maximum atomic E-state index is 10.8. The second-order valence-corrected chi connectivity index (χ2v) is 4.96. The van der Waals surface area contributed by atoms with E-state index in [9.17, 15) is 10.1 Å². The van der Waals surface area contributed by atoms with Crippen molar-refractivity contribution >= 4 is 11.4 Å². The van der Waals surface area contributed by atoms with E-state index in [-0.39, 0.29) is 5.69 Å². The Morgan fingerprint density at radius 3 is 2.75 bits per heavy atom. The van der Waals surface area contributed by atoms with Crippen molar-refractivity contribution in [3.05, 3.63) is 33.9 Å². The number of hydrazine groups is 1. The minimum Gasteiger partial charge on any atom is -0.381 e. The van der Waals surface area contributed by atoms with Crippen LogP contribution in [0.1, 0.15) is 18.4 Å². The summed E-state index contributed by atoms with van der Waals surface area (Å²) in [6, 6.07) is 5.01. The third-order valence-corrected chi connectivity index (χ3v) is 3.69. The summed E-state index contributed by atoms with van der Waals surface area (Å²) in [5, 5.41) is 10.8. The molecule has 0 amide bonds. The van der Waals surface area contributed by atoms with E-state index in [1.807, 2.05) is 0 Å². The van der Waals surface area contributed by atoms with Gasteiger partial charge in [0.05, 0.1) is 11.0 Å². The topological polar surface area (TPSA) is 93.7 Å². The van der Waals surface area contributed by atoms with Gasteiger partial charge in [-0.3, -0.25) is 20.9 Å². The van der Waals surface area contributed by atoms with Crippen LogP contribution in [0.25, 0.3) is 0 Å². The van der Waals surface area contributed by atoms with Crippen LogP contribution < -0.4 is 11.3 Å². The summed E-state index contributed by atoms with van der Waals surface area (Å²) >= 11 is 0. The standard InChI is InChI=1S/C13H20N4O3/c1-20-11-4-6-16(7-5-11)9-10-2-3-13(17(18)19)12(8-10)15-14/h2-3,8,11,15H,4-7,9,14H2,1H3. The number of ether oxygens (including phenoxy) is 1. The first-order chi connectivity index (χ1) is 9.63. The number of hydrogen-bond acceptors (Lipinski definition) is 6. The van der Waals surface area contributed by atoms with Crippen LogP contribution in [0.3, 0.4) is 0 Å². The van der Waals surface area contributed by atoms with Crippen molar-refractivity contribution in [2.75, 3.05) is 25.6 Å². The molecule has 3 N–H and O–H groups in total. The number of likely N-dealkylation sites (tertiary alicyclic amines) is 1. The van der Waals surface area contributed by atoms with Crippen LogP contribution in [0, 0.1) is 10.1 Å². The number of nitrogen functional groups attached to an aromatic ring is 1. The average molecular weight is 280 g/mol. The summed E-state index contributed by atoms with van der Waals surface area (Å²) in [6.45, 7) is 2.71. The van der Waals surface area contributed by atoms with Crippen LogP contribution in [-0.2, 0) is 11.3 Å². The molecule has 1 aromatic carbocycles. The number of anilines is 1. The minimum absolute atomic E-state index is 0.00524. The van der Waals surface area contributed by atoms with Gasteiger partial charge in [-0.05, 0) is 24.5 Å². The van der Waals surface area contributed by atoms with Gasteiger partial charge >= 0.3 is 0 Å². The molecule has 1 saturated heterocycles. The van der Waals surface area contributed by atoms with Gasteiger partial charge in [0, 0.05) is 32.8 Å². The molecule has 0 aromatic heterocycles. The Kier molecular flexibility index (Phi) is 4.89. The second-order valence-electron chi connectivity index (χ2n) is 4.96. The summed E-state index contributed by atoms with van der Waals surface area (Å²) in [5.41, 5.74) is 3.75. The molecule has 0 saturated carbocycles. The highest BCUT2D eigenvalue weighted by molar-refractivity contribution is 5.62. The van der Waals surface area contributed by atoms with Crippen molar-refractivity contribution in [3.63, 3.8) is 0 Å². The molecule has 0 atom stereocenters. The van der Waals surface area contributed by atoms with E-state index in [4.69, 9.17) is 10.6 Å². The lowest BCUT2D eigenvalue weighted by molar-refractivity contribution is -0.384. The fourth-order valence-electron chi connectivity index (χ4n) is 2.52. The third-order valence-electron chi connectivity index (χ3n) is 3.69. The molecule has 1 heterocycles. The molecular formula is C13H20N4O3. The molecule has 0 unspecified atom stereocenters. The maximum Gasteiger partial charge on any atom is 0.293 e. The number of benzene rings is 1. The number of piperidine rings is 1. The lowest BCUT2D eigenvalue weighted by Crippen LogP contribution is -2.36. The van der Waals surface area contributed by atoms with Gasteiger partial charge in [0.15, 0.2) is 0 Å². The van der Waals surface area contributed by atoms with E-state index in [0.717, 1.165) is 38.0 Å². The van der Waals surface area contributed by atoms with E-state index in [2.05, 4.69) is 10.3 Å². The first kappa shape index (κ1) is 14.7. The number of methoxy groups -OCH3 is 1. The molecule has 0 aliphatic carbocycles. The third kappa shape index (κ3) is 3.44. The van der Waals surface area contributed by atoms with Crippen molar-refractivity contribution in [2.24, 2.45) is 5.84 Å². The summed E-state index contributed by atoms with van der Waals surface area (Å²) in [7, 11) is 1.75. The van der Waals surface area contributed by atoms with Crippen LogP contribution in [0.5, 0.6) is 0 Å². The number of rotatable bonds is 5. The van der Waals surface area contributed by atoms with Crippen LogP contribution in [0.15, 0.2) is 18.2 Å². The Hall–Kier alpha value is -1.70. The van der Waals surface area contributed by atoms with Crippen LogP contribution in [0.4, 0.5) is 11.4 Å². The molecule has 110 valence electrons. The summed E-state index contributed by atoms with van der Waals surface area (Å²) in [6.07, 6.45) is 2.39. The molecule has 0 spiro atoms. The van der Waals surface area contributed by atoms with Gasteiger partial charge in [0.1, 0.15) is 5.69 Å². The van der Waals surface area contributed by atoms with Gasteiger partial charge in [-0.15, -0.1) is 0 Å². The Morgan fingerprint density at radius 2 is 2.20 bits per heavy atom. The number of nitrogens with two attached hydrogens (primary N) is 1. The van der Waals surface area contributed by atoms with E-state index < -0.39 is 4.92 Å². The van der Waals surface area contributed by atoms with Gasteiger partial charge in [-0.1, -0.05) is 6.07 Å². The van der Waals surface area contributed by atoms with Gasteiger partial charge in [0.2, 0.25) is 0 Å². The van der Waals surface area contributed by atoms with Crippen molar-refractivity contribution in [1.29, 1.82) is 0 Å². The molecule has 1 aliphatic rings. The number of hydrogen-bond donors (Lipinski definition) is 2. The Labute approximate surface area is 117 Å². The summed E-state index contributed by atoms with van der Waals surface area (Å²) in [4.78, 5) is 12.7. The van der Waals surface area contributed by atoms with Crippen molar-refractivity contribution in [2.45, 2.75) is 25.5 Å². The minimum atomic E-state index is -0.441. The summed E-state index contributed by atoms with van der Waals surface area (Å²) < 4.78 is 5.34. The van der Waals surface area contributed by atoms with E-state index in [1.165, 1.54) is 6.07 Å². The van der Waals surface area contributed by atoms with E-state index >= 15 is 0 Å². The molecule has 20 heavy (non-hydrogen) atoms. The first-order valence-electron chi connectivity index (χ1n) is 6.63. The van der Waals surface area contributed by atoms with E-state index in [0.29, 0.717) is 11.8 Å². The molecule has 0 bridgehead atoms. The lowest BCUT2D eigenvalue weighted by Gasteiger charge is -2.31. The molecule has 0 radical (unpaired) electrons. The fourth-order valence-corrected chi connectivity index (χ4v) is 2.52. The smallest absolute Gasteiger partial charge is 0.293 e. The fraction of sp³-hybridized carbons (Fsp3) is 0.538. The molecule has 1 aliphatic heterocycles. The molecule has 2 rings (SSSR count). The maximum absolute atomic E-state index is 10.8. The molecule has 1 fully saturated rings. The quantitative estimate of drug-likeness (QED) is 0.482. The molecule has 1 aromatic rings. The molecule has 7 heteroatoms. The van der Waals surface area contributed by atoms with Gasteiger partial charge in [-0.25, -0.2) is 0 Å². The Bertz CT molecular complexity index is 473.